The van der Waals surface area contributed by atoms with Gasteiger partial charge in [0.05, 0.1) is 0 Å². The number of rotatable bonds is 6. The van der Waals surface area contributed by atoms with E-state index in [9.17, 15) is 0 Å². The lowest BCUT2D eigenvalue weighted by molar-refractivity contribution is 1.05. The van der Waals surface area contributed by atoms with Crippen LogP contribution in [0.2, 0.25) is 0 Å². The first-order chi connectivity index (χ1) is 11.9. The average molecular weight is 317 g/mol. The largest absolute Gasteiger partial charge is 0.367 e. The molecule has 1 aromatic carbocycles. The molecule has 0 bridgehead atoms. The van der Waals surface area contributed by atoms with Crippen LogP contribution in [0.15, 0.2) is 60.9 Å². The van der Waals surface area contributed by atoms with Gasteiger partial charge in [-0.1, -0.05) is 36.4 Å². The highest BCUT2D eigenvalue weighted by molar-refractivity contribution is 5.61. The fourth-order valence-corrected chi connectivity index (χ4v) is 2.46. The van der Waals surface area contributed by atoms with Crippen molar-refractivity contribution in [1.29, 1.82) is 0 Å². The minimum atomic E-state index is 0.551. The highest BCUT2D eigenvalue weighted by Gasteiger charge is 2.22. The van der Waals surface area contributed by atoms with E-state index in [-0.39, 0.29) is 0 Å². The van der Waals surface area contributed by atoms with Crippen molar-refractivity contribution in [2.24, 2.45) is 0 Å². The summed E-state index contributed by atoms with van der Waals surface area (Å²) in [5.74, 6) is 2.42. The molecule has 5 heteroatoms. The minimum absolute atomic E-state index is 0.551. The zero-order valence-electron chi connectivity index (χ0n) is 13.3. The summed E-state index contributed by atoms with van der Waals surface area (Å²) >= 11 is 0. The number of nitrogens with zero attached hydrogens (tertiary/aromatic N) is 3. The molecule has 0 amide bonds. The molecule has 2 aromatic heterocycles. The lowest BCUT2D eigenvalue weighted by Crippen LogP contribution is -2.08. The molecule has 120 valence electrons. The molecule has 0 radical (unpaired) electrons. The molecule has 1 saturated carbocycles. The van der Waals surface area contributed by atoms with E-state index in [1.54, 1.807) is 6.20 Å². The van der Waals surface area contributed by atoms with Crippen LogP contribution in [0.4, 0.5) is 11.6 Å². The maximum atomic E-state index is 4.66. The number of nitrogens with one attached hydrogen (secondary N) is 2. The van der Waals surface area contributed by atoms with Gasteiger partial charge in [0, 0.05) is 36.6 Å². The van der Waals surface area contributed by atoms with Crippen molar-refractivity contribution in [3.63, 3.8) is 0 Å². The molecule has 2 N–H and O–H groups in total. The molecule has 5 nitrogen and oxygen atoms in total. The zero-order valence-corrected chi connectivity index (χ0v) is 13.3. The summed E-state index contributed by atoms with van der Waals surface area (Å²) < 4.78 is 0. The van der Waals surface area contributed by atoms with Crippen LogP contribution >= 0.6 is 0 Å². The molecule has 1 aliphatic carbocycles. The average Bonchev–Trinajstić information content (AvgIpc) is 3.45. The van der Waals surface area contributed by atoms with Crippen LogP contribution in [0.25, 0.3) is 11.4 Å². The predicted octanol–water partition coefficient (Wildman–Crippen LogP) is 3.73. The van der Waals surface area contributed by atoms with Gasteiger partial charge in [-0.05, 0) is 24.5 Å². The van der Waals surface area contributed by atoms with Crippen LogP contribution in [-0.2, 0) is 6.54 Å². The molecular weight excluding hydrogens is 298 g/mol. The Morgan fingerprint density at radius 2 is 1.79 bits per heavy atom. The Kier molecular flexibility index (Phi) is 4.06. The van der Waals surface area contributed by atoms with Crippen LogP contribution in [0.3, 0.4) is 0 Å². The van der Waals surface area contributed by atoms with E-state index in [0.717, 1.165) is 28.6 Å². The lowest BCUT2D eigenvalue weighted by Gasteiger charge is -2.11. The SMILES string of the molecule is c1ccc(-c2nc(NCc3cccnc3)cc(NC3CC3)n2)cc1. The van der Waals surface area contributed by atoms with E-state index in [1.165, 1.54) is 12.8 Å². The summed E-state index contributed by atoms with van der Waals surface area (Å²) in [6, 6.07) is 16.6. The van der Waals surface area contributed by atoms with Gasteiger partial charge in [-0.25, -0.2) is 9.97 Å². The van der Waals surface area contributed by atoms with Crippen molar-refractivity contribution in [1.82, 2.24) is 15.0 Å². The molecule has 0 atom stereocenters. The third-order valence-corrected chi connectivity index (χ3v) is 3.88. The summed E-state index contributed by atoms with van der Waals surface area (Å²) in [6.07, 6.45) is 6.06. The fraction of sp³-hybridized carbons (Fsp3) is 0.211. The topological polar surface area (TPSA) is 62.7 Å². The van der Waals surface area contributed by atoms with E-state index in [1.807, 2.05) is 54.7 Å². The van der Waals surface area contributed by atoms with Crippen LogP contribution in [-0.4, -0.2) is 21.0 Å². The van der Waals surface area contributed by atoms with Gasteiger partial charge in [-0.2, -0.15) is 0 Å². The van der Waals surface area contributed by atoms with Crippen LogP contribution in [0.5, 0.6) is 0 Å². The first-order valence-electron chi connectivity index (χ1n) is 8.21. The Hall–Kier alpha value is -2.95. The smallest absolute Gasteiger partial charge is 0.163 e. The Morgan fingerprint density at radius 3 is 2.54 bits per heavy atom. The molecule has 0 aliphatic heterocycles. The first-order valence-corrected chi connectivity index (χ1v) is 8.21. The summed E-state index contributed by atoms with van der Waals surface area (Å²) in [7, 11) is 0. The maximum Gasteiger partial charge on any atom is 0.163 e. The lowest BCUT2D eigenvalue weighted by atomic mass is 10.2. The Labute approximate surface area is 141 Å². The van der Waals surface area contributed by atoms with Crippen LogP contribution in [0, 0.1) is 0 Å². The Balaban J connectivity index is 1.59. The number of pyridine rings is 1. The van der Waals surface area contributed by atoms with Gasteiger partial charge in [0.25, 0.3) is 0 Å². The molecule has 0 unspecified atom stereocenters. The molecule has 1 aliphatic rings. The molecule has 0 spiro atoms. The van der Waals surface area contributed by atoms with E-state index < -0.39 is 0 Å². The highest BCUT2D eigenvalue weighted by atomic mass is 15.1. The molecule has 0 saturated heterocycles. The maximum absolute atomic E-state index is 4.66. The van der Waals surface area contributed by atoms with E-state index in [2.05, 4.69) is 25.6 Å². The van der Waals surface area contributed by atoms with Crippen molar-refractivity contribution >= 4 is 11.6 Å². The van der Waals surface area contributed by atoms with Crippen LogP contribution < -0.4 is 10.6 Å². The van der Waals surface area contributed by atoms with Gasteiger partial charge in [0.1, 0.15) is 11.6 Å². The number of anilines is 2. The normalized spacial score (nSPS) is 13.5. The fourth-order valence-electron chi connectivity index (χ4n) is 2.46. The minimum Gasteiger partial charge on any atom is -0.367 e. The number of aromatic nitrogens is 3. The quantitative estimate of drug-likeness (QED) is 0.725. The number of hydrogen-bond acceptors (Lipinski definition) is 5. The van der Waals surface area contributed by atoms with E-state index in [4.69, 9.17) is 0 Å². The summed E-state index contributed by atoms with van der Waals surface area (Å²) in [4.78, 5) is 13.5. The first kappa shape index (κ1) is 14.6. The molecule has 1 fully saturated rings. The van der Waals surface area contributed by atoms with Crippen LogP contribution in [0.1, 0.15) is 18.4 Å². The summed E-state index contributed by atoms with van der Waals surface area (Å²) in [6.45, 7) is 0.682. The molecule has 4 rings (SSSR count). The van der Waals surface area contributed by atoms with Crippen molar-refractivity contribution in [2.45, 2.75) is 25.4 Å². The van der Waals surface area contributed by atoms with Crippen molar-refractivity contribution in [2.75, 3.05) is 10.6 Å². The van der Waals surface area contributed by atoms with Crippen molar-refractivity contribution in [3.05, 3.63) is 66.5 Å². The summed E-state index contributed by atoms with van der Waals surface area (Å²) in [5.41, 5.74) is 2.13. The Bertz CT molecular complexity index is 801. The molecule has 24 heavy (non-hydrogen) atoms. The van der Waals surface area contributed by atoms with Gasteiger partial charge in [0.15, 0.2) is 5.82 Å². The zero-order chi connectivity index (χ0) is 16.2. The van der Waals surface area contributed by atoms with Crippen molar-refractivity contribution < 1.29 is 0 Å². The molecule has 2 heterocycles. The standard InChI is InChI=1S/C19H19N5/c1-2-6-15(7-3-1)19-23-17(11-18(24-19)22-16-8-9-16)21-13-14-5-4-10-20-12-14/h1-7,10-12,16H,8-9,13H2,(H2,21,22,23,24). The summed E-state index contributed by atoms with van der Waals surface area (Å²) in [5, 5.41) is 6.84. The highest BCUT2D eigenvalue weighted by Crippen LogP contribution is 2.26. The van der Waals surface area contributed by atoms with Gasteiger partial charge < -0.3 is 10.6 Å². The van der Waals surface area contributed by atoms with E-state index in [0.29, 0.717) is 12.6 Å². The van der Waals surface area contributed by atoms with Gasteiger partial charge in [-0.15, -0.1) is 0 Å². The van der Waals surface area contributed by atoms with E-state index >= 15 is 0 Å². The third-order valence-electron chi connectivity index (χ3n) is 3.88. The predicted molar refractivity (Wildman–Crippen MR) is 95.7 cm³/mol. The monoisotopic (exact) mass is 317 g/mol. The van der Waals surface area contributed by atoms with Crippen molar-refractivity contribution in [3.8, 4) is 11.4 Å². The second-order valence-corrected chi connectivity index (χ2v) is 5.96. The second kappa shape index (κ2) is 6.66. The Morgan fingerprint density at radius 1 is 0.958 bits per heavy atom. The van der Waals surface area contributed by atoms with Gasteiger partial charge >= 0.3 is 0 Å². The van der Waals surface area contributed by atoms with Gasteiger partial charge in [-0.3, -0.25) is 4.98 Å². The number of hydrogen-bond donors (Lipinski definition) is 2. The van der Waals surface area contributed by atoms with Gasteiger partial charge in [0.2, 0.25) is 0 Å². The number of benzene rings is 1. The molecule has 3 aromatic rings. The molecular formula is C19H19N5. The second-order valence-electron chi connectivity index (χ2n) is 5.96. The third kappa shape index (κ3) is 3.68.